The van der Waals surface area contributed by atoms with E-state index in [2.05, 4.69) is 5.32 Å². The number of sulfone groups is 1. The fraction of sp³-hybridized carbons (Fsp3) is 0.0833. The van der Waals surface area contributed by atoms with Crippen molar-refractivity contribution in [1.82, 2.24) is 4.57 Å². The highest BCUT2D eigenvalue weighted by atomic mass is 35.5. The third kappa shape index (κ3) is 4.00. The molecule has 0 radical (unpaired) electrons. The number of benzene rings is 3. The van der Waals surface area contributed by atoms with Gasteiger partial charge in [0.25, 0.3) is 0 Å². The zero-order chi connectivity index (χ0) is 23.9. The number of carbonyl (C=O) groups excluding carboxylic acids is 1. The summed E-state index contributed by atoms with van der Waals surface area (Å²) in [5.74, 6) is 0.687. The second-order valence-corrected chi connectivity index (χ2v) is 9.90. The summed E-state index contributed by atoms with van der Waals surface area (Å²) in [6.07, 6.45) is 1.20. The Morgan fingerprint density at radius 1 is 1.00 bits per heavy atom. The molecule has 0 spiro atoms. The number of aromatic nitrogens is 1. The molecular formula is C24H17ClN2O6S. The largest absolute Gasteiger partial charge is 0.454 e. The minimum Gasteiger partial charge on any atom is -0.454 e. The zero-order valence-electron chi connectivity index (χ0n) is 17.5. The van der Waals surface area contributed by atoms with E-state index in [-0.39, 0.29) is 23.6 Å². The van der Waals surface area contributed by atoms with Gasteiger partial charge in [0, 0.05) is 28.4 Å². The number of hydrogen-bond donors (Lipinski definition) is 1. The summed E-state index contributed by atoms with van der Waals surface area (Å²) in [5, 5.41) is 3.32. The van der Waals surface area contributed by atoms with Gasteiger partial charge in [-0.1, -0.05) is 23.7 Å². The van der Waals surface area contributed by atoms with Crippen LogP contribution in [-0.2, 0) is 21.2 Å². The molecule has 1 N–H and O–H groups in total. The lowest BCUT2D eigenvalue weighted by Crippen LogP contribution is -2.23. The van der Waals surface area contributed by atoms with Crippen LogP contribution < -0.4 is 20.2 Å². The standard InChI is InChI=1S/C24H17ClN2O6S/c25-15-5-8-17(9-6-15)34(30,31)22-12-27(19-4-2-1-3-18(19)24(22)29)13-23(28)26-16-7-10-20-21(11-16)33-14-32-20/h1-12H,13-14H2,(H,26,28). The molecule has 0 aliphatic carbocycles. The third-order valence-electron chi connectivity index (χ3n) is 5.34. The van der Waals surface area contributed by atoms with Gasteiger partial charge in [0.2, 0.25) is 28.0 Å². The molecular weight excluding hydrogens is 480 g/mol. The minimum absolute atomic E-state index is 0.0688. The lowest BCUT2D eigenvalue weighted by atomic mass is 10.2. The van der Waals surface area contributed by atoms with Gasteiger partial charge in [-0.05, 0) is 48.5 Å². The number of nitrogens with one attached hydrogen (secondary N) is 1. The van der Waals surface area contributed by atoms with E-state index < -0.39 is 26.1 Å². The summed E-state index contributed by atoms with van der Waals surface area (Å²) in [7, 11) is -4.16. The Kier molecular flexibility index (Phi) is 5.51. The summed E-state index contributed by atoms with van der Waals surface area (Å²) >= 11 is 5.88. The fourth-order valence-corrected chi connectivity index (χ4v) is 5.21. The smallest absolute Gasteiger partial charge is 0.244 e. The predicted molar refractivity (Wildman–Crippen MR) is 126 cm³/mol. The number of nitrogens with zero attached hydrogens (tertiary/aromatic N) is 1. The molecule has 4 aromatic rings. The molecule has 1 amide bonds. The zero-order valence-corrected chi connectivity index (χ0v) is 19.1. The average molecular weight is 497 g/mol. The predicted octanol–water partition coefficient (Wildman–Crippen LogP) is 3.86. The number of rotatable bonds is 5. The molecule has 0 unspecified atom stereocenters. The molecule has 0 saturated carbocycles. The second-order valence-electron chi connectivity index (χ2n) is 7.54. The minimum atomic E-state index is -4.16. The summed E-state index contributed by atoms with van der Waals surface area (Å²) in [5.41, 5.74) is 0.287. The average Bonchev–Trinajstić information content (AvgIpc) is 3.29. The lowest BCUT2D eigenvalue weighted by molar-refractivity contribution is -0.116. The fourth-order valence-electron chi connectivity index (χ4n) is 3.71. The molecule has 1 aliphatic rings. The van der Waals surface area contributed by atoms with Gasteiger partial charge >= 0.3 is 0 Å². The highest BCUT2D eigenvalue weighted by Gasteiger charge is 2.24. The lowest BCUT2D eigenvalue weighted by Gasteiger charge is -2.14. The van der Waals surface area contributed by atoms with Crippen molar-refractivity contribution < 1.29 is 22.7 Å². The van der Waals surface area contributed by atoms with Crippen LogP contribution in [0, 0.1) is 0 Å². The van der Waals surface area contributed by atoms with Crippen LogP contribution in [0.15, 0.2) is 87.5 Å². The SMILES string of the molecule is O=C(Cn1cc(S(=O)(=O)c2ccc(Cl)cc2)c(=O)c2ccccc21)Nc1ccc2c(c1)OCO2. The quantitative estimate of drug-likeness (QED) is 0.450. The number of fused-ring (bicyclic) bond motifs is 2. The number of hydrogen-bond acceptors (Lipinski definition) is 6. The van der Waals surface area contributed by atoms with E-state index in [0.717, 1.165) is 0 Å². The van der Waals surface area contributed by atoms with Crippen molar-refractivity contribution in [3.8, 4) is 11.5 Å². The normalized spacial score (nSPS) is 12.6. The molecule has 1 aromatic heterocycles. The van der Waals surface area contributed by atoms with Crippen molar-refractivity contribution in [2.24, 2.45) is 0 Å². The van der Waals surface area contributed by atoms with E-state index in [1.807, 2.05) is 0 Å². The Hall–Kier alpha value is -3.82. The molecule has 34 heavy (non-hydrogen) atoms. The van der Waals surface area contributed by atoms with Gasteiger partial charge in [-0.2, -0.15) is 0 Å². The molecule has 0 bridgehead atoms. The number of carbonyl (C=O) groups is 1. The summed E-state index contributed by atoms with van der Waals surface area (Å²) in [6, 6.07) is 17.1. The first-order valence-corrected chi connectivity index (χ1v) is 12.0. The molecule has 172 valence electrons. The van der Waals surface area contributed by atoms with Crippen LogP contribution in [0.3, 0.4) is 0 Å². The number of ether oxygens (including phenoxy) is 2. The first kappa shape index (κ1) is 22.0. The van der Waals surface area contributed by atoms with E-state index in [4.69, 9.17) is 21.1 Å². The van der Waals surface area contributed by atoms with Crippen LogP contribution in [0.1, 0.15) is 0 Å². The van der Waals surface area contributed by atoms with E-state index in [9.17, 15) is 18.0 Å². The number of pyridine rings is 1. The molecule has 0 atom stereocenters. The van der Waals surface area contributed by atoms with Crippen molar-refractivity contribution >= 4 is 43.9 Å². The molecule has 10 heteroatoms. The van der Waals surface area contributed by atoms with Gasteiger partial charge in [0.1, 0.15) is 11.4 Å². The van der Waals surface area contributed by atoms with Gasteiger partial charge in [0.05, 0.1) is 10.4 Å². The molecule has 5 rings (SSSR count). The Balaban J connectivity index is 1.53. The number of amides is 1. The Morgan fingerprint density at radius 2 is 1.74 bits per heavy atom. The maximum absolute atomic E-state index is 13.3. The van der Waals surface area contributed by atoms with Gasteiger partial charge in [-0.25, -0.2) is 8.42 Å². The number of anilines is 1. The topological polar surface area (TPSA) is 104 Å². The van der Waals surface area contributed by atoms with E-state index in [1.54, 1.807) is 36.4 Å². The van der Waals surface area contributed by atoms with Crippen molar-refractivity contribution in [3.63, 3.8) is 0 Å². The first-order valence-electron chi connectivity index (χ1n) is 10.2. The number of para-hydroxylation sites is 1. The number of halogens is 1. The molecule has 0 fully saturated rings. The van der Waals surface area contributed by atoms with Crippen LogP contribution in [0.25, 0.3) is 10.9 Å². The molecule has 2 heterocycles. The first-order chi connectivity index (χ1) is 16.3. The maximum atomic E-state index is 13.3. The van der Waals surface area contributed by atoms with Crippen molar-refractivity contribution in [3.05, 3.63) is 88.2 Å². The van der Waals surface area contributed by atoms with Gasteiger partial charge in [-0.3, -0.25) is 9.59 Å². The van der Waals surface area contributed by atoms with Gasteiger partial charge in [0.15, 0.2) is 11.5 Å². The molecule has 0 saturated heterocycles. The molecule has 8 nitrogen and oxygen atoms in total. The second kappa shape index (κ2) is 8.51. The van der Waals surface area contributed by atoms with Crippen molar-refractivity contribution in [2.45, 2.75) is 16.3 Å². The molecule has 1 aliphatic heterocycles. The van der Waals surface area contributed by atoms with E-state index in [1.165, 1.54) is 41.1 Å². The maximum Gasteiger partial charge on any atom is 0.244 e. The Bertz CT molecular complexity index is 1600. The third-order valence-corrected chi connectivity index (χ3v) is 7.35. The van der Waals surface area contributed by atoms with Gasteiger partial charge in [-0.15, -0.1) is 0 Å². The summed E-state index contributed by atoms with van der Waals surface area (Å²) in [4.78, 5) is 25.4. The monoisotopic (exact) mass is 496 g/mol. The van der Waals surface area contributed by atoms with Crippen molar-refractivity contribution in [2.75, 3.05) is 12.1 Å². The summed E-state index contributed by atoms with van der Waals surface area (Å²) < 4.78 is 38.6. The van der Waals surface area contributed by atoms with Crippen LogP contribution in [0.5, 0.6) is 11.5 Å². The van der Waals surface area contributed by atoms with Crippen LogP contribution in [-0.4, -0.2) is 25.7 Å². The Morgan fingerprint density at radius 3 is 2.53 bits per heavy atom. The van der Waals surface area contributed by atoms with Crippen LogP contribution >= 0.6 is 11.6 Å². The van der Waals surface area contributed by atoms with E-state index >= 15 is 0 Å². The highest BCUT2D eigenvalue weighted by Crippen LogP contribution is 2.34. The summed E-state index contributed by atoms with van der Waals surface area (Å²) in [6.45, 7) is -0.112. The Labute approximate surface area is 199 Å². The van der Waals surface area contributed by atoms with Gasteiger partial charge < -0.3 is 19.4 Å². The molecule has 3 aromatic carbocycles. The van der Waals surface area contributed by atoms with E-state index in [0.29, 0.717) is 27.7 Å². The van der Waals surface area contributed by atoms with Crippen LogP contribution in [0.2, 0.25) is 5.02 Å². The van der Waals surface area contributed by atoms with Crippen molar-refractivity contribution in [1.29, 1.82) is 0 Å². The highest BCUT2D eigenvalue weighted by molar-refractivity contribution is 7.91. The van der Waals surface area contributed by atoms with Crippen LogP contribution in [0.4, 0.5) is 5.69 Å².